The van der Waals surface area contributed by atoms with E-state index in [4.69, 9.17) is 4.74 Å². The van der Waals surface area contributed by atoms with Crippen LogP contribution in [0.3, 0.4) is 0 Å². The van der Waals surface area contributed by atoms with Gasteiger partial charge in [0.25, 0.3) is 5.91 Å². The molecule has 0 spiro atoms. The summed E-state index contributed by atoms with van der Waals surface area (Å²) in [6.45, 7) is 6.66. The first-order valence-corrected chi connectivity index (χ1v) is 9.07. The van der Waals surface area contributed by atoms with Gasteiger partial charge in [-0.2, -0.15) is 0 Å². The first-order chi connectivity index (χ1) is 12.3. The van der Waals surface area contributed by atoms with E-state index in [1.54, 1.807) is 19.1 Å². The number of carbonyl (C=O) groups excluding carboxylic acids is 3. The molecule has 26 heavy (non-hydrogen) atoms. The summed E-state index contributed by atoms with van der Waals surface area (Å²) in [5.74, 6) is -1.33. The molecule has 138 valence electrons. The number of ether oxygens (including phenoxy) is 1. The third-order valence-corrected chi connectivity index (χ3v) is 4.98. The molecule has 0 unspecified atom stereocenters. The van der Waals surface area contributed by atoms with Crippen LogP contribution in [0, 0.1) is 13.8 Å². The average Bonchev–Trinajstić information content (AvgIpc) is 2.86. The van der Waals surface area contributed by atoms with Crippen LogP contribution in [-0.4, -0.2) is 24.4 Å². The molecule has 0 fully saturated rings. The normalized spacial score (nSPS) is 10.3. The smallest absolute Gasteiger partial charge is 0.341 e. The Morgan fingerprint density at radius 1 is 1.08 bits per heavy atom. The fourth-order valence-electron chi connectivity index (χ4n) is 2.34. The number of nitrogens with one attached hydrogen (secondary N) is 2. The Kier molecular flexibility index (Phi) is 6.52. The average molecular weight is 374 g/mol. The van der Waals surface area contributed by atoms with Gasteiger partial charge >= 0.3 is 5.97 Å². The predicted molar refractivity (Wildman–Crippen MR) is 103 cm³/mol. The second kappa shape index (κ2) is 8.62. The second-order valence-corrected chi connectivity index (χ2v) is 7.07. The number of rotatable bonds is 6. The molecular weight excluding hydrogens is 352 g/mol. The van der Waals surface area contributed by atoms with Crippen LogP contribution in [0.25, 0.3) is 0 Å². The molecule has 0 aliphatic rings. The molecule has 2 rings (SSSR count). The minimum absolute atomic E-state index is 0.270. The monoisotopic (exact) mass is 374 g/mol. The lowest BCUT2D eigenvalue weighted by Crippen LogP contribution is -2.21. The molecule has 1 aromatic carbocycles. The molecule has 7 heteroatoms. The zero-order valence-electron chi connectivity index (χ0n) is 15.3. The Hall–Kier alpha value is -2.67. The van der Waals surface area contributed by atoms with Gasteiger partial charge in [0.2, 0.25) is 5.91 Å². The predicted octanol–water partition coefficient (Wildman–Crippen LogP) is 3.68. The van der Waals surface area contributed by atoms with E-state index in [1.165, 1.54) is 23.8 Å². The first kappa shape index (κ1) is 19.7. The fourth-order valence-corrected chi connectivity index (χ4v) is 3.44. The van der Waals surface area contributed by atoms with E-state index in [0.29, 0.717) is 16.3 Å². The van der Waals surface area contributed by atoms with Crippen LogP contribution in [0.1, 0.15) is 40.2 Å². The summed E-state index contributed by atoms with van der Waals surface area (Å²) in [5, 5.41) is 5.75. The maximum atomic E-state index is 12.4. The summed E-state index contributed by atoms with van der Waals surface area (Å²) in [4.78, 5) is 36.6. The van der Waals surface area contributed by atoms with Gasteiger partial charge in [-0.25, -0.2) is 4.79 Å². The Labute approximate surface area is 156 Å². The first-order valence-electron chi connectivity index (χ1n) is 8.25. The molecule has 2 N–H and O–H groups in total. The van der Waals surface area contributed by atoms with Crippen molar-refractivity contribution in [3.63, 3.8) is 0 Å². The third-order valence-electron chi connectivity index (χ3n) is 3.86. The number of hydrogen-bond donors (Lipinski definition) is 2. The largest absolute Gasteiger partial charge is 0.452 e. The van der Waals surface area contributed by atoms with Gasteiger partial charge in [-0.05, 0) is 43.5 Å². The molecule has 1 aromatic heterocycles. The third kappa shape index (κ3) is 4.92. The molecule has 0 saturated heterocycles. The van der Waals surface area contributed by atoms with E-state index in [0.717, 1.165) is 16.9 Å². The molecule has 0 aliphatic carbocycles. The zero-order valence-corrected chi connectivity index (χ0v) is 16.1. The lowest BCUT2D eigenvalue weighted by atomic mass is 10.1. The van der Waals surface area contributed by atoms with Crippen LogP contribution in [0.2, 0.25) is 0 Å². The molecule has 0 radical (unpaired) electrons. The topological polar surface area (TPSA) is 84.5 Å². The van der Waals surface area contributed by atoms with Gasteiger partial charge in [-0.15, -0.1) is 11.3 Å². The van der Waals surface area contributed by atoms with E-state index in [-0.39, 0.29) is 5.91 Å². The van der Waals surface area contributed by atoms with E-state index in [1.807, 2.05) is 19.1 Å². The van der Waals surface area contributed by atoms with Gasteiger partial charge in [0.15, 0.2) is 6.61 Å². The van der Waals surface area contributed by atoms with Crippen molar-refractivity contribution >= 4 is 39.8 Å². The molecule has 1 heterocycles. The zero-order chi connectivity index (χ0) is 19.3. The van der Waals surface area contributed by atoms with Crippen molar-refractivity contribution in [3.05, 3.63) is 45.8 Å². The fraction of sp³-hybridized carbons (Fsp3) is 0.316. The highest BCUT2D eigenvalue weighted by molar-refractivity contribution is 7.16. The summed E-state index contributed by atoms with van der Waals surface area (Å²) in [6.07, 6.45) is 0.919. The maximum Gasteiger partial charge on any atom is 0.341 e. The minimum Gasteiger partial charge on any atom is -0.452 e. The standard InChI is InChI=1S/C19H22N2O4S/c1-5-14-6-8-15(9-7-14)21-16(23)10-25-19(24)17-11(2)12(3)26-18(17)20-13(4)22/h6-9H,5,10H2,1-4H3,(H,20,22)(H,21,23). The number of benzene rings is 1. The van der Waals surface area contributed by atoms with E-state index in [9.17, 15) is 14.4 Å². The number of thiophene rings is 1. The van der Waals surface area contributed by atoms with Gasteiger partial charge in [-0.1, -0.05) is 19.1 Å². The highest BCUT2D eigenvalue weighted by atomic mass is 32.1. The van der Waals surface area contributed by atoms with Crippen molar-refractivity contribution in [2.24, 2.45) is 0 Å². The van der Waals surface area contributed by atoms with E-state index < -0.39 is 18.5 Å². The molecule has 0 saturated carbocycles. The molecule has 2 amide bonds. The number of amides is 2. The number of anilines is 2. The van der Waals surface area contributed by atoms with Gasteiger partial charge in [0.05, 0.1) is 5.56 Å². The maximum absolute atomic E-state index is 12.4. The van der Waals surface area contributed by atoms with Crippen LogP contribution in [0.4, 0.5) is 10.7 Å². The Balaban J connectivity index is 1.99. The molecule has 6 nitrogen and oxygen atoms in total. The Morgan fingerprint density at radius 2 is 1.73 bits per heavy atom. The van der Waals surface area contributed by atoms with Crippen LogP contribution < -0.4 is 10.6 Å². The van der Waals surface area contributed by atoms with Crippen LogP contribution in [0.5, 0.6) is 0 Å². The second-order valence-electron chi connectivity index (χ2n) is 5.84. The van der Waals surface area contributed by atoms with Crippen molar-refractivity contribution in [1.82, 2.24) is 0 Å². The van der Waals surface area contributed by atoms with Gasteiger partial charge in [-0.3, -0.25) is 9.59 Å². The molecule has 0 atom stereocenters. The summed E-state index contributed by atoms with van der Waals surface area (Å²) in [6, 6.07) is 7.47. The summed E-state index contributed by atoms with van der Waals surface area (Å²) in [7, 11) is 0. The van der Waals surface area contributed by atoms with Crippen LogP contribution >= 0.6 is 11.3 Å². The van der Waals surface area contributed by atoms with Crippen molar-refractivity contribution in [3.8, 4) is 0 Å². The lowest BCUT2D eigenvalue weighted by Gasteiger charge is -2.08. The van der Waals surface area contributed by atoms with Crippen molar-refractivity contribution in [2.75, 3.05) is 17.2 Å². The molecule has 0 aliphatic heterocycles. The Morgan fingerprint density at radius 3 is 2.31 bits per heavy atom. The van der Waals surface area contributed by atoms with E-state index >= 15 is 0 Å². The summed E-state index contributed by atoms with van der Waals surface area (Å²) in [5.41, 5.74) is 2.84. The van der Waals surface area contributed by atoms with Crippen molar-refractivity contribution < 1.29 is 19.1 Å². The Bertz CT molecular complexity index is 825. The van der Waals surface area contributed by atoms with Gasteiger partial charge < -0.3 is 15.4 Å². The number of esters is 1. The SMILES string of the molecule is CCc1ccc(NC(=O)COC(=O)c2c(NC(C)=O)sc(C)c2C)cc1. The number of hydrogen-bond acceptors (Lipinski definition) is 5. The van der Waals surface area contributed by atoms with Gasteiger partial charge in [0, 0.05) is 17.5 Å². The highest BCUT2D eigenvalue weighted by Gasteiger charge is 2.22. The number of aryl methyl sites for hydroxylation is 2. The van der Waals surface area contributed by atoms with Crippen LogP contribution in [0.15, 0.2) is 24.3 Å². The number of carbonyl (C=O) groups is 3. The van der Waals surface area contributed by atoms with Crippen molar-refractivity contribution in [1.29, 1.82) is 0 Å². The molecule has 2 aromatic rings. The molecule has 0 bridgehead atoms. The van der Waals surface area contributed by atoms with E-state index in [2.05, 4.69) is 17.6 Å². The quantitative estimate of drug-likeness (QED) is 0.756. The van der Waals surface area contributed by atoms with Crippen LogP contribution in [-0.2, 0) is 20.7 Å². The minimum atomic E-state index is -0.632. The molecular formula is C19H22N2O4S. The summed E-state index contributed by atoms with van der Waals surface area (Å²) < 4.78 is 5.13. The summed E-state index contributed by atoms with van der Waals surface area (Å²) >= 11 is 1.30. The highest BCUT2D eigenvalue weighted by Crippen LogP contribution is 2.32. The van der Waals surface area contributed by atoms with Gasteiger partial charge in [0.1, 0.15) is 5.00 Å². The van der Waals surface area contributed by atoms with Crippen molar-refractivity contribution in [2.45, 2.75) is 34.1 Å². The lowest BCUT2D eigenvalue weighted by molar-refractivity contribution is -0.119.